The smallest absolute Gasteiger partial charge is 0.394 e. The fourth-order valence-electron chi connectivity index (χ4n) is 2.64. The summed E-state index contributed by atoms with van der Waals surface area (Å²) in [7, 11) is 0. The molecule has 0 spiro atoms. The van der Waals surface area contributed by atoms with Crippen molar-refractivity contribution in [1.82, 2.24) is 5.32 Å². The van der Waals surface area contributed by atoms with Gasteiger partial charge in [-0.2, -0.15) is 24.9 Å². The summed E-state index contributed by atoms with van der Waals surface area (Å²) in [5, 5.41) is 11.5. The summed E-state index contributed by atoms with van der Waals surface area (Å²) in [4.78, 5) is 12.2. The Morgan fingerprint density at radius 2 is 1.96 bits per heavy atom. The molecule has 1 aromatic carbocycles. The second-order valence-corrected chi connectivity index (χ2v) is 6.82. The summed E-state index contributed by atoms with van der Waals surface area (Å²) in [6, 6.07) is 4.71. The van der Waals surface area contributed by atoms with E-state index in [2.05, 4.69) is 5.32 Å². The predicted molar refractivity (Wildman–Crippen MR) is 86.1 cm³/mol. The molecule has 0 bridgehead atoms. The van der Waals surface area contributed by atoms with Gasteiger partial charge in [-0.15, -0.1) is 0 Å². The molecular weight excluding hydrogens is 343 g/mol. The highest BCUT2D eigenvalue weighted by Crippen LogP contribution is 2.32. The number of nitrogens with one attached hydrogen (secondary N) is 1. The molecule has 1 saturated heterocycles. The van der Waals surface area contributed by atoms with Crippen LogP contribution in [0.3, 0.4) is 0 Å². The minimum Gasteiger partial charge on any atom is -0.394 e. The van der Waals surface area contributed by atoms with Crippen molar-refractivity contribution in [2.75, 3.05) is 31.3 Å². The molecule has 1 aliphatic heterocycles. The molecule has 0 atom stereocenters. The average Bonchev–Trinajstić information content (AvgIpc) is 2.58. The molecular formula is C16H20F3NO3S. The van der Waals surface area contributed by atoms with Crippen LogP contribution in [0.1, 0.15) is 28.8 Å². The van der Waals surface area contributed by atoms with E-state index in [1.807, 2.05) is 0 Å². The van der Waals surface area contributed by atoms with Gasteiger partial charge in [0.2, 0.25) is 0 Å². The SMILES string of the molecule is O=C(NCC1(OCCO)CCSCC1)c1ccccc1C(F)(F)F. The molecule has 0 radical (unpaired) electrons. The second-order valence-electron chi connectivity index (χ2n) is 5.59. The van der Waals surface area contributed by atoms with Crippen molar-refractivity contribution in [1.29, 1.82) is 0 Å². The zero-order chi connectivity index (χ0) is 17.6. The van der Waals surface area contributed by atoms with E-state index in [1.165, 1.54) is 12.1 Å². The number of alkyl halides is 3. The number of rotatable bonds is 6. The number of carbonyl (C=O) groups excluding carboxylic acids is 1. The van der Waals surface area contributed by atoms with E-state index in [0.717, 1.165) is 23.6 Å². The molecule has 2 rings (SSSR count). The molecule has 1 aliphatic rings. The van der Waals surface area contributed by atoms with E-state index in [-0.39, 0.29) is 19.8 Å². The number of aliphatic hydroxyl groups is 1. The molecule has 1 fully saturated rings. The summed E-state index contributed by atoms with van der Waals surface area (Å²) in [6.07, 6.45) is -3.22. The average molecular weight is 363 g/mol. The van der Waals surface area contributed by atoms with Crippen molar-refractivity contribution >= 4 is 17.7 Å². The molecule has 0 aromatic heterocycles. The van der Waals surface area contributed by atoms with Crippen LogP contribution in [0.5, 0.6) is 0 Å². The number of hydrogen-bond acceptors (Lipinski definition) is 4. The van der Waals surface area contributed by atoms with Gasteiger partial charge in [-0.3, -0.25) is 4.79 Å². The van der Waals surface area contributed by atoms with Crippen molar-refractivity contribution in [2.24, 2.45) is 0 Å². The van der Waals surface area contributed by atoms with Crippen LogP contribution in [0, 0.1) is 0 Å². The number of ether oxygens (including phenoxy) is 1. The molecule has 2 N–H and O–H groups in total. The number of aliphatic hydroxyl groups excluding tert-OH is 1. The Kier molecular flexibility index (Phi) is 6.54. The lowest BCUT2D eigenvalue weighted by Gasteiger charge is -2.37. The van der Waals surface area contributed by atoms with Crippen molar-refractivity contribution in [3.63, 3.8) is 0 Å². The zero-order valence-corrected chi connectivity index (χ0v) is 13.9. The van der Waals surface area contributed by atoms with Crippen molar-refractivity contribution < 1.29 is 27.8 Å². The molecule has 4 nitrogen and oxygen atoms in total. The van der Waals surface area contributed by atoms with Gasteiger partial charge in [-0.25, -0.2) is 0 Å². The third-order valence-corrected chi connectivity index (χ3v) is 4.94. The highest BCUT2D eigenvalue weighted by atomic mass is 32.2. The Labute approximate surface area is 142 Å². The lowest BCUT2D eigenvalue weighted by molar-refractivity contribution is -0.137. The minimum atomic E-state index is -4.58. The number of hydrogen-bond donors (Lipinski definition) is 2. The lowest BCUT2D eigenvalue weighted by atomic mass is 9.96. The number of thioether (sulfide) groups is 1. The van der Waals surface area contributed by atoms with Gasteiger partial charge in [0.05, 0.1) is 29.9 Å². The monoisotopic (exact) mass is 363 g/mol. The van der Waals surface area contributed by atoms with Gasteiger partial charge in [0.15, 0.2) is 0 Å². The van der Waals surface area contributed by atoms with Gasteiger partial charge < -0.3 is 15.2 Å². The molecule has 0 aliphatic carbocycles. The molecule has 1 amide bonds. The van der Waals surface area contributed by atoms with E-state index in [4.69, 9.17) is 9.84 Å². The van der Waals surface area contributed by atoms with E-state index < -0.39 is 28.8 Å². The van der Waals surface area contributed by atoms with Gasteiger partial charge in [-0.05, 0) is 36.5 Å². The fraction of sp³-hybridized carbons (Fsp3) is 0.562. The Bertz CT molecular complexity index is 560. The highest BCUT2D eigenvalue weighted by molar-refractivity contribution is 7.99. The molecule has 134 valence electrons. The summed E-state index contributed by atoms with van der Waals surface area (Å²) in [6.45, 7) is 0.123. The number of benzene rings is 1. The molecule has 1 heterocycles. The normalized spacial score (nSPS) is 17.5. The van der Waals surface area contributed by atoms with E-state index in [9.17, 15) is 18.0 Å². The largest absolute Gasteiger partial charge is 0.417 e. The molecule has 24 heavy (non-hydrogen) atoms. The van der Waals surface area contributed by atoms with Crippen LogP contribution < -0.4 is 5.32 Å². The van der Waals surface area contributed by atoms with Crippen molar-refractivity contribution in [3.8, 4) is 0 Å². The number of halogens is 3. The van der Waals surface area contributed by atoms with Crippen LogP contribution in [0.15, 0.2) is 24.3 Å². The fourth-order valence-corrected chi connectivity index (χ4v) is 3.88. The maximum absolute atomic E-state index is 13.0. The van der Waals surface area contributed by atoms with Crippen LogP contribution in [0.25, 0.3) is 0 Å². The topological polar surface area (TPSA) is 58.6 Å². The van der Waals surface area contributed by atoms with Crippen molar-refractivity contribution in [2.45, 2.75) is 24.6 Å². The molecule has 0 saturated carbocycles. The first-order valence-electron chi connectivity index (χ1n) is 7.65. The van der Waals surface area contributed by atoms with E-state index >= 15 is 0 Å². The van der Waals surface area contributed by atoms with E-state index in [1.54, 1.807) is 11.8 Å². The summed E-state index contributed by atoms with van der Waals surface area (Å²) < 4.78 is 44.7. The molecule has 0 unspecified atom stereocenters. The molecule has 1 aromatic rings. The van der Waals surface area contributed by atoms with Crippen LogP contribution >= 0.6 is 11.8 Å². The summed E-state index contributed by atoms with van der Waals surface area (Å²) in [5.41, 5.74) is -1.98. The van der Waals surface area contributed by atoms with E-state index in [0.29, 0.717) is 12.8 Å². The second kappa shape index (κ2) is 8.22. The number of amides is 1. The summed E-state index contributed by atoms with van der Waals surface area (Å²) >= 11 is 1.76. The van der Waals surface area contributed by atoms with Gasteiger partial charge in [-0.1, -0.05) is 12.1 Å². The van der Waals surface area contributed by atoms with Gasteiger partial charge in [0.25, 0.3) is 5.91 Å². The highest BCUT2D eigenvalue weighted by Gasteiger charge is 2.37. The first-order chi connectivity index (χ1) is 11.4. The lowest BCUT2D eigenvalue weighted by Crippen LogP contribution is -2.48. The Hall–Kier alpha value is -1.25. The first-order valence-corrected chi connectivity index (χ1v) is 8.80. The van der Waals surface area contributed by atoms with Crippen LogP contribution in [-0.4, -0.2) is 47.9 Å². The summed E-state index contributed by atoms with van der Waals surface area (Å²) in [5.74, 6) is 0.925. The van der Waals surface area contributed by atoms with Gasteiger partial charge in [0, 0.05) is 6.54 Å². The van der Waals surface area contributed by atoms with Gasteiger partial charge >= 0.3 is 6.18 Å². The zero-order valence-electron chi connectivity index (χ0n) is 13.1. The standard InChI is InChI=1S/C16H20F3NO3S/c17-16(18,19)13-4-2-1-3-12(13)14(22)20-11-15(23-8-7-21)5-9-24-10-6-15/h1-4,21H,5-11H2,(H,20,22). The minimum absolute atomic E-state index is 0.124. The van der Waals surface area contributed by atoms with Crippen LogP contribution in [0.4, 0.5) is 13.2 Å². The third kappa shape index (κ3) is 4.87. The van der Waals surface area contributed by atoms with Crippen LogP contribution in [0.2, 0.25) is 0 Å². The predicted octanol–water partition coefficient (Wildman–Crippen LogP) is 2.71. The Morgan fingerprint density at radius 1 is 1.29 bits per heavy atom. The maximum Gasteiger partial charge on any atom is 0.417 e. The maximum atomic E-state index is 13.0. The Balaban J connectivity index is 2.09. The van der Waals surface area contributed by atoms with Gasteiger partial charge in [0.1, 0.15) is 0 Å². The van der Waals surface area contributed by atoms with Crippen molar-refractivity contribution in [3.05, 3.63) is 35.4 Å². The number of carbonyl (C=O) groups is 1. The third-order valence-electron chi connectivity index (χ3n) is 3.95. The van der Waals surface area contributed by atoms with Crippen LogP contribution in [-0.2, 0) is 10.9 Å². The quantitative estimate of drug-likeness (QED) is 0.816. The Morgan fingerprint density at radius 3 is 2.58 bits per heavy atom. The first kappa shape index (κ1) is 19.1. The molecule has 8 heteroatoms.